The van der Waals surface area contributed by atoms with Crippen molar-refractivity contribution >= 4 is 22.6 Å². The average Bonchev–Trinajstić information content (AvgIpc) is 2.69. The number of hydrogen-bond acceptors (Lipinski definition) is 0. The van der Waals surface area contributed by atoms with E-state index in [1.807, 2.05) is 0 Å². The predicted molar refractivity (Wildman–Crippen MR) is 106 cm³/mol. The van der Waals surface area contributed by atoms with E-state index in [9.17, 15) is 92.2 Å². The third-order valence-corrected chi connectivity index (χ3v) is 6.51. The van der Waals surface area contributed by atoms with Gasteiger partial charge in [0.05, 0.1) is 0 Å². The van der Waals surface area contributed by atoms with Gasteiger partial charge in [-0.05, 0) is 44.9 Å². The van der Waals surface area contributed by atoms with Crippen molar-refractivity contribution in [3.8, 4) is 0 Å². The molecule has 0 atom stereocenters. The van der Waals surface area contributed by atoms with Gasteiger partial charge in [-0.15, -0.1) is 0 Å². The van der Waals surface area contributed by atoms with Crippen LogP contribution in [0.15, 0.2) is 9.15 Å². The molecule has 0 N–H and O–H groups in total. The maximum atomic E-state index is 14.1. The van der Waals surface area contributed by atoms with Crippen LogP contribution in [0.5, 0.6) is 0 Å². The van der Waals surface area contributed by atoms with Crippen molar-refractivity contribution in [3.05, 3.63) is 9.15 Å². The summed E-state index contributed by atoms with van der Waals surface area (Å²) in [6.45, 7) is 5.21. The molecule has 0 aromatic carbocycles. The Morgan fingerprint density at radius 2 is 0.659 bits per heavy atom. The summed E-state index contributed by atoms with van der Waals surface area (Å²) >= 11 is 0.804. The minimum Gasteiger partial charge on any atom is -0.199 e. The minimum absolute atomic E-state index is 0.268. The second kappa shape index (κ2) is 10.6. The molecule has 0 fully saturated rings. The van der Waals surface area contributed by atoms with E-state index in [4.69, 9.17) is 0 Å². The number of halogens is 22. The summed E-state index contributed by atoms with van der Waals surface area (Å²) in [5.74, 6) is -76.7. The Hall–Kier alpha value is -1.00. The highest BCUT2D eigenvalue weighted by molar-refractivity contribution is 14.1. The quantitative estimate of drug-likeness (QED) is 0.145. The van der Waals surface area contributed by atoms with E-state index in [-0.39, 0.29) is 12.0 Å². The van der Waals surface area contributed by atoms with E-state index < -0.39 is 74.9 Å². The van der Waals surface area contributed by atoms with Crippen molar-refractivity contribution < 1.29 is 92.2 Å². The van der Waals surface area contributed by atoms with Crippen molar-refractivity contribution in [3.63, 3.8) is 0 Å². The molecule has 0 aliphatic heterocycles. The standard InChI is InChI=1S/C19H16F21I/c1-7(5-9(2,3)4)8(41)6-10(20,21)11(22,23)12(24,25)13(26,27)14(28,29)15(30,31)16(32,33)17(34,35)18(36,37)19(38,39)40/h5-6H2,1-4H3/b8-7-. The van der Waals surface area contributed by atoms with Gasteiger partial charge in [-0.1, -0.05) is 26.3 Å². The molecule has 0 aromatic rings. The van der Waals surface area contributed by atoms with Crippen molar-refractivity contribution in [2.75, 3.05) is 0 Å². The molecule has 22 heteroatoms. The second-order valence-corrected chi connectivity index (χ2v) is 11.2. The van der Waals surface area contributed by atoms with Gasteiger partial charge in [0.2, 0.25) is 0 Å². The lowest BCUT2D eigenvalue weighted by atomic mass is 9.85. The smallest absolute Gasteiger partial charge is 0.199 e. The van der Waals surface area contributed by atoms with Crippen LogP contribution >= 0.6 is 22.6 Å². The fourth-order valence-electron chi connectivity index (χ4n) is 2.94. The molecule has 0 bridgehead atoms. The summed E-state index contributed by atoms with van der Waals surface area (Å²) in [4.78, 5) is 0. The molecular formula is C19H16F21I. The number of hydrogen-bond donors (Lipinski definition) is 0. The van der Waals surface area contributed by atoms with Gasteiger partial charge < -0.3 is 0 Å². The van der Waals surface area contributed by atoms with E-state index in [0.29, 0.717) is 0 Å². The SMILES string of the molecule is C/C(CC(C)(C)C)=C(/I)CC(F)(F)C(F)(F)C(F)(F)C(F)(F)C(F)(F)C(F)(F)C(F)(F)C(F)(F)C(F)(F)C(F)(F)F. The van der Waals surface area contributed by atoms with Gasteiger partial charge in [-0.25, -0.2) is 0 Å². The van der Waals surface area contributed by atoms with E-state index >= 15 is 0 Å². The van der Waals surface area contributed by atoms with Crippen LogP contribution in [-0.4, -0.2) is 59.5 Å². The van der Waals surface area contributed by atoms with Crippen LogP contribution < -0.4 is 0 Å². The average molecular weight is 770 g/mol. The molecule has 0 amide bonds. The molecule has 0 aromatic heterocycles. The lowest BCUT2D eigenvalue weighted by Gasteiger charge is -2.44. The van der Waals surface area contributed by atoms with E-state index in [1.165, 1.54) is 20.8 Å². The summed E-state index contributed by atoms with van der Waals surface area (Å²) in [6.07, 6.45) is -11.0. The molecule has 0 saturated carbocycles. The zero-order chi connectivity index (χ0) is 34.1. The van der Waals surface area contributed by atoms with Crippen LogP contribution in [-0.2, 0) is 0 Å². The second-order valence-electron chi connectivity index (χ2n) is 9.90. The van der Waals surface area contributed by atoms with Gasteiger partial charge in [0.15, 0.2) is 0 Å². The third-order valence-electron chi connectivity index (χ3n) is 5.21. The fraction of sp³-hybridized carbons (Fsp3) is 0.895. The van der Waals surface area contributed by atoms with Gasteiger partial charge >= 0.3 is 59.5 Å². The van der Waals surface area contributed by atoms with Crippen LogP contribution in [0.1, 0.15) is 40.5 Å². The number of rotatable bonds is 11. The van der Waals surface area contributed by atoms with Gasteiger partial charge in [0.1, 0.15) is 0 Å². The van der Waals surface area contributed by atoms with Crippen molar-refractivity contribution in [1.82, 2.24) is 0 Å². The largest absolute Gasteiger partial charge is 0.460 e. The molecule has 0 saturated heterocycles. The van der Waals surface area contributed by atoms with Crippen molar-refractivity contribution in [1.29, 1.82) is 0 Å². The van der Waals surface area contributed by atoms with E-state index in [0.717, 1.165) is 29.5 Å². The zero-order valence-corrected chi connectivity index (χ0v) is 22.4. The monoisotopic (exact) mass is 770 g/mol. The normalized spacial score (nSPS) is 17.1. The molecule has 0 rings (SSSR count). The van der Waals surface area contributed by atoms with Crippen LogP contribution in [0.4, 0.5) is 92.2 Å². The Kier molecular flexibility index (Phi) is 10.3. The lowest BCUT2D eigenvalue weighted by Crippen LogP contribution is -2.76. The molecule has 0 nitrogen and oxygen atoms in total. The summed E-state index contributed by atoms with van der Waals surface area (Å²) in [5, 5.41) is 0. The molecule has 246 valence electrons. The summed E-state index contributed by atoms with van der Waals surface area (Å²) in [5.41, 5.74) is -1.12. The highest BCUT2D eigenvalue weighted by atomic mass is 127. The van der Waals surface area contributed by atoms with Crippen LogP contribution in [0.2, 0.25) is 0 Å². The molecule has 0 unspecified atom stereocenters. The highest BCUT2D eigenvalue weighted by Gasteiger charge is 2.97. The third kappa shape index (κ3) is 6.04. The Labute approximate surface area is 229 Å². The summed E-state index contributed by atoms with van der Waals surface area (Å²) in [6, 6.07) is 0. The first-order chi connectivity index (χ1) is 17.3. The van der Waals surface area contributed by atoms with Crippen LogP contribution in [0.3, 0.4) is 0 Å². The Balaban J connectivity index is 7.02. The topological polar surface area (TPSA) is 0 Å². The number of alkyl halides is 21. The molecular weight excluding hydrogens is 754 g/mol. The Bertz CT molecular complexity index is 980. The molecule has 0 aliphatic rings. The predicted octanol–water partition coefficient (Wildman–Crippen LogP) is 10.8. The lowest BCUT2D eigenvalue weighted by molar-refractivity contribution is -0.474. The number of allylic oxidation sites excluding steroid dienone is 2. The van der Waals surface area contributed by atoms with E-state index in [1.54, 1.807) is 0 Å². The van der Waals surface area contributed by atoms with E-state index in [2.05, 4.69) is 0 Å². The minimum atomic E-state index is -9.16. The maximum absolute atomic E-state index is 14.1. The molecule has 0 aliphatic carbocycles. The first kappa shape index (κ1) is 40.0. The van der Waals surface area contributed by atoms with Gasteiger partial charge in [-0.3, -0.25) is 0 Å². The molecule has 0 spiro atoms. The zero-order valence-electron chi connectivity index (χ0n) is 20.2. The van der Waals surface area contributed by atoms with Gasteiger partial charge in [0.25, 0.3) is 0 Å². The summed E-state index contributed by atoms with van der Waals surface area (Å²) < 4.78 is 281. The Morgan fingerprint density at radius 3 is 0.902 bits per heavy atom. The van der Waals surface area contributed by atoms with Gasteiger partial charge in [0, 0.05) is 6.42 Å². The van der Waals surface area contributed by atoms with Crippen LogP contribution in [0.25, 0.3) is 0 Å². The molecule has 0 heterocycles. The highest BCUT2D eigenvalue weighted by Crippen LogP contribution is 2.66. The van der Waals surface area contributed by atoms with Crippen molar-refractivity contribution in [2.45, 2.75) is 100 Å². The Morgan fingerprint density at radius 1 is 0.415 bits per heavy atom. The first-order valence-corrected chi connectivity index (χ1v) is 11.2. The van der Waals surface area contributed by atoms with Crippen molar-refractivity contribution in [2.24, 2.45) is 5.41 Å². The summed E-state index contributed by atoms with van der Waals surface area (Å²) in [7, 11) is 0. The van der Waals surface area contributed by atoms with Crippen LogP contribution in [0, 0.1) is 5.41 Å². The molecule has 41 heavy (non-hydrogen) atoms. The van der Waals surface area contributed by atoms with Gasteiger partial charge in [-0.2, -0.15) is 92.2 Å². The molecule has 0 radical (unpaired) electrons. The fourth-order valence-corrected chi connectivity index (χ4v) is 3.61. The maximum Gasteiger partial charge on any atom is 0.460 e. The first-order valence-electron chi connectivity index (χ1n) is 10.1.